The van der Waals surface area contributed by atoms with Crippen molar-refractivity contribution in [2.75, 3.05) is 18.8 Å². The van der Waals surface area contributed by atoms with Crippen molar-refractivity contribution < 1.29 is 9.59 Å². The Kier molecular flexibility index (Phi) is 2.90. The van der Waals surface area contributed by atoms with Gasteiger partial charge in [0.2, 0.25) is 5.91 Å². The number of benzene rings is 1. The highest BCUT2D eigenvalue weighted by Gasteiger charge is 2.41. The Morgan fingerprint density at radius 3 is 2.81 bits per heavy atom. The van der Waals surface area contributed by atoms with Crippen LogP contribution in [0, 0.1) is 5.41 Å². The maximum absolute atomic E-state index is 12.7. The molecule has 1 aromatic carbocycles. The third kappa shape index (κ3) is 2.12. The standard InChI is InChI=1S/C15H18N4O2/c1-15(14(17)21)4-5-19(8-15)13(20)11-7-18-12-3-2-9(16)6-10(11)12/h2-3,6-7,18H,4-5,8,16H2,1H3,(H2,17,21). The molecule has 1 atom stereocenters. The van der Waals surface area contributed by atoms with Gasteiger partial charge in [-0.15, -0.1) is 0 Å². The van der Waals surface area contributed by atoms with Crippen molar-refractivity contribution in [1.82, 2.24) is 9.88 Å². The summed E-state index contributed by atoms with van der Waals surface area (Å²) in [7, 11) is 0. The molecule has 0 aliphatic carbocycles. The predicted octanol–water partition coefficient (Wildman–Crippen LogP) is 1.09. The van der Waals surface area contributed by atoms with E-state index in [4.69, 9.17) is 11.5 Å². The van der Waals surface area contributed by atoms with Gasteiger partial charge in [0.05, 0.1) is 11.0 Å². The van der Waals surface area contributed by atoms with E-state index in [0.29, 0.717) is 30.8 Å². The van der Waals surface area contributed by atoms with Crippen LogP contribution in [0.4, 0.5) is 5.69 Å². The number of aromatic amines is 1. The van der Waals surface area contributed by atoms with Crippen LogP contribution in [0.3, 0.4) is 0 Å². The lowest BCUT2D eigenvalue weighted by Gasteiger charge is -2.20. The molecule has 21 heavy (non-hydrogen) atoms. The van der Waals surface area contributed by atoms with E-state index in [-0.39, 0.29) is 11.8 Å². The quantitative estimate of drug-likeness (QED) is 0.719. The number of hydrogen-bond acceptors (Lipinski definition) is 3. The van der Waals surface area contributed by atoms with Gasteiger partial charge in [-0.3, -0.25) is 9.59 Å². The summed E-state index contributed by atoms with van der Waals surface area (Å²) in [5.41, 5.74) is 12.6. The largest absolute Gasteiger partial charge is 0.399 e. The third-order valence-electron chi connectivity index (χ3n) is 4.29. The number of nitrogens with one attached hydrogen (secondary N) is 1. The maximum atomic E-state index is 12.7. The molecule has 3 rings (SSSR count). The monoisotopic (exact) mass is 286 g/mol. The fraction of sp³-hybridized carbons (Fsp3) is 0.333. The fourth-order valence-electron chi connectivity index (χ4n) is 2.82. The number of anilines is 1. The highest BCUT2D eigenvalue weighted by atomic mass is 16.2. The molecule has 0 bridgehead atoms. The number of likely N-dealkylation sites (tertiary alicyclic amines) is 1. The number of fused-ring (bicyclic) bond motifs is 1. The summed E-state index contributed by atoms with van der Waals surface area (Å²) in [4.78, 5) is 28.9. The van der Waals surface area contributed by atoms with E-state index in [1.165, 1.54) is 0 Å². The Morgan fingerprint density at radius 2 is 2.14 bits per heavy atom. The smallest absolute Gasteiger partial charge is 0.256 e. The minimum absolute atomic E-state index is 0.100. The van der Waals surface area contributed by atoms with Gasteiger partial charge in [-0.2, -0.15) is 0 Å². The summed E-state index contributed by atoms with van der Waals surface area (Å²) in [5.74, 6) is -0.460. The molecule has 2 heterocycles. The SMILES string of the molecule is CC1(C(N)=O)CCN(C(=O)c2c[nH]c3ccc(N)cc23)C1. The highest BCUT2D eigenvalue weighted by Crippen LogP contribution is 2.31. The Hall–Kier alpha value is -2.50. The normalized spacial score (nSPS) is 21.9. The van der Waals surface area contributed by atoms with Crippen LogP contribution in [0.1, 0.15) is 23.7 Å². The molecule has 0 radical (unpaired) electrons. The number of carbonyl (C=O) groups is 2. The number of hydrogen-bond donors (Lipinski definition) is 3. The van der Waals surface area contributed by atoms with E-state index in [9.17, 15) is 9.59 Å². The zero-order chi connectivity index (χ0) is 15.2. The molecule has 1 aliphatic rings. The Balaban J connectivity index is 1.92. The summed E-state index contributed by atoms with van der Waals surface area (Å²) in [5, 5.41) is 0.799. The van der Waals surface area contributed by atoms with Crippen molar-refractivity contribution in [2.24, 2.45) is 11.1 Å². The molecule has 6 nitrogen and oxygen atoms in total. The topological polar surface area (TPSA) is 105 Å². The van der Waals surface area contributed by atoms with E-state index in [0.717, 1.165) is 10.9 Å². The second-order valence-corrected chi connectivity index (χ2v) is 5.91. The number of rotatable bonds is 2. The lowest BCUT2D eigenvalue weighted by atomic mass is 9.89. The van der Waals surface area contributed by atoms with Crippen LogP contribution in [0.25, 0.3) is 10.9 Å². The van der Waals surface area contributed by atoms with Gasteiger partial charge in [-0.25, -0.2) is 0 Å². The molecule has 1 saturated heterocycles. The van der Waals surface area contributed by atoms with E-state index in [2.05, 4.69) is 4.98 Å². The van der Waals surface area contributed by atoms with Crippen molar-refractivity contribution in [1.29, 1.82) is 0 Å². The van der Waals surface area contributed by atoms with E-state index < -0.39 is 5.41 Å². The molecule has 1 aliphatic heterocycles. The molecule has 0 saturated carbocycles. The van der Waals surface area contributed by atoms with Gasteiger partial charge in [0.25, 0.3) is 5.91 Å². The second kappa shape index (κ2) is 4.51. The number of primary amides is 1. The molecule has 2 aromatic rings. The molecular formula is C15H18N4O2. The second-order valence-electron chi connectivity index (χ2n) is 5.91. The van der Waals surface area contributed by atoms with Crippen LogP contribution in [-0.2, 0) is 4.79 Å². The van der Waals surface area contributed by atoms with E-state index >= 15 is 0 Å². The number of carbonyl (C=O) groups excluding carboxylic acids is 2. The van der Waals surface area contributed by atoms with Crippen LogP contribution < -0.4 is 11.5 Å². The van der Waals surface area contributed by atoms with Crippen LogP contribution in [0.5, 0.6) is 0 Å². The van der Waals surface area contributed by atoms with Gasteiger partial charge in [-0.1, -0.05) is 0 Å². The van der Waals surface area contributed by atoms with Gasteiger partial charge in [-0.05, 0) is 31.5 Å². The number of amides is 2. The van der Waals surface area contributed by atoms with Crippen molar-refractivity contribution >= 4 is 28.4 Å². The van der Waals surface area contributed by atoms with Crippen LogP contribution >= 0.6 is 0 Å². The van der Waals surface area contributed by atoms with Gasteiger partial charge < -0.3 is 21.4 Å². The average molecular weight is 286 g/mol. The van der Waals surface area contributed by atoms with Crippen molar-refractivity contribution in [2.45, 2.75) is 13.3 Å². The Bertz CT molecular complexity index is 736. The van der Waals surface area contributed by atoms with Crippen molar-refractivity contribution in [3.8, 4) is 0 Å². The Labute approximate surface area is 122 Å². The number of nitrogens with two attached hydrogens (primary N) is 2. The first-order chi connectivity index (χ1) is 9.90. The molecule has 2 amide bonds. The molecule has 1 aromatic heterocycles. The molecule has 110 valence electrons. The predicted molar refractivity (Wildman–Crippen MR) is 80.5 cm³/mol. The first-order valence-electron chi connectivity index (χ1n) is 6.86. The van der Waals surface area contributed by atoms with Gasteiger partial charge in [0, 0.05) is 35.9 Å². The minimum Gasteiger partial charge on any atom is -0.399 e. The number of aromatic nitrogens is 1. The summed E-state index contributed by atoms with van der Waals surface area (Å²) in [6.45, 7) is 2.69. The zero-order valence-corrected chi connectivity index (χ0v) is 11.8. The van der Waals surface area contributed by atoms with Gasteiger partial charge in [0.15, 0.2) is 0 Å². The van der Waals surface area contributed by atoms with Crippen LogP contribution in [0.2, 0.25) is 0 Å². The number of nitrogen functional groups attached to an aromatic ring is 1. The summed E-state index contributed by atoms with van der Waals surface area (Å²) in [6.07, 6.45) is 2.28. The van der Waals surface area contributed by atoms with Crippen molar-refractivity contribution in [3.63, 3.8) is 0 Å². The third-order valence-corrected chi connectivity index (χ3v) is 4.29. The average Bonchev–Trinajstić information content (AvgIpc) is 3.02. The molecule has 1 unspecified atom stereocenters. The summed E-state index contributed by atoms with van der Waals surface area (Å²) >= 11 is 0. The fourth-order valence-corrected chi connectivity index (χ4v) is 2.82. The maximum Gasteiger partial charge on any atom is 0.256 e. The molecule has 0 spiro atoms. The zero-order valence-electron chi connectivity index (χ0n) is 11.8. The van der Waals surface area contributed by atoms with Crippen molar-refractivity contribution in [3.05, 3.63) is 30.0 Å². The summed E-state index contributed by atoms with van der Waals surface area (Å²) < 4.78 is 0. The lowest BCUT2D eigenvalue weighted by molar-refractivity contribution is -0.126. The summed E-state index contributed by atoms with van der Waals surface area (Å²) in [6, 6.07) is 5.41. The first kappa shape index (κ1) is 13.5. The molecular weight excluding hydrogens is 268 g/mol. The Morgan fingerprint density at radius 1 is 1.38 bits per heavy atom. The number of nitrogens with zero attached hydrogens (tertiary/aromatic N) is 1. The highest BCUT2D eigenvalue weighted by molar-refractivity contribution is 6.07. The van der Waals surface area contributed by atoms with E-state index in [1.54, 1.807) is 30.2 Å². The molecule has 5 N–H and O–H groups in total. The minimum atomic E-state index is -0.638. The molecule has 6 heteroatoms. The van der Waals surface area contributed by atoms with Crippen LogP contribution in [0.15, 0.2) is 24.4 Å². The van der Waals surface area contributed by atoms with Gasteiger partial charge in [0.1, 0.15) is 0 Å². The van der Waals surface area contributed by atoms with Crippen LogP contribution in [-0.4, -0.2) is 34.8 Å². The lowest BCUT2D eigenvalue weighted by Crippen LogP contribution is -2.38. The molecule has 1 fully saturated rings. The van der Waals surface area contributed by atoms with E-state index in [1.807, 2.05) is 6.07 Å². The first-order valence-corrected chi connectivity index (χ1v) is 6.86. The van der Waals surface area contributed by atoms with Gasteiger partial charge >= 0.3 is 0 Å². The number of H-pyrrole nitrogens is 1.